The van der Waals surface area contributed by atoms with E-state index >= 15 is 0 Å². The minimum absolute atomic E-state index is 0. The molecule has 0 aliphatic heterocycles. The van der Waals surface area contributed by atoms with Crippen molar-refractivity contribution in [3.63, 3.8) is 0 Å². The molecule has 6 heteroatoms. The molecule has 0 spiro atoms. The van der Waals surface area contributed by atoms with E-state index in [4.69, 9.17) is 23.2 Å². The lowest BCUT2D eigenvalue weighted by Crippen LogP contribution is -2.37. The molecule has 0 aliphatic rings. The highest BCUT2D eigenvalue weighted by atomic mass is 35.5. The van der Waals surface area contributed by atoms with Crippen molar-refractivity contribution in [1.29, 1.82) is 0 Å². The van der Waals surface area contributed by atoms with Gasteiger partial charge in [0.25, 0.3) is 0 Å². The third-order valence-corrected chi connectivity index (χ3v) is 3.84. The maximum absolute atomic E-state index is 12.2. The second-order valence-corrected chi connectivity index (χ2v) is 5.59. The van der Waals surface area contributed by atoms with Crippen LogP contribution in [-0.2, 0) is 4.79 Å². The van der Waals surface area contributed by atoms with Crippen molar-refractivity contribution in [3.8, 4) is 0 Å². The van der Waals surface area contributed by atoms with Gasteiger partial charge >= 0.3 is 0 Å². The molecule has 0 fully saturated rings. The second-order valence-electron chi connectivity index (χ2n) is 4.75. The number of nitrogens with zero attached hydrogens (tertiary/aromatic N) is 1. The number of amides is 1. The van der Waals surface area contributed by atoms with Crippen LogP contribution in [0.4, 0.5) is 0 Å². The lowest BCUT2D eigenvalue weighted by Gasteiger charge is -2.28. The molecular weight excluding hydrogens is 319 g/mol. The van der Waals surface area contributed by atoms with Gasteiger partial charge in [-0.25, -0.2) is 0 Å². The summed E-state index contributed by atoms with van der Waals surface area (Å²) < 4.78 is 0. The molecule has 1 aromatic carbocycles. The van der Waals surface area contributed by atoms with E-state index in [2.05, 4.69) is 5.32 Å². The summed E-state index contributed by atoms with van der Waals surface area (Å²) in [5.74, 6) is 0.0244. The summed E-state index contributed by atoms with van der Waals surface area (Å²) >= 11 is 12.1. The smallest absolute Gasteiger partial charge is 0.226 e. The first-order valence-corrected chi connectivity index (χ1v) is 7.00. The Hall–Kier alpha value is -0.480. The van der Waals surface area contributed by atoms with Crippen LogP contribution >= 0.6 is 35.6 Å². The molecular formula is C14H21Cl3N2O. The van der Waals surface area contributed by atoms with Gasteiger partial charge < -0.3 is 10.2 Å². The molecule has 1 N–H and O–H groups in total. The van der Waals surface area contributed by atoms with E-state index in [0.717, 1.165) is 5.56 Å². The van der Waals surface area contributed by atoms with Gasteiger partial charge in [0.1, 0.15) is 0 Å². The Morgan fingerprint density at radius 3 is 2.45 bits per heavy atom. The van der Waals surface area contributed by atoms with Crippen molar-refractivity contribution in [2.75, 3.05) is 20.6 Å². The largest absolute Gasteiger partial charge is 0.339 e. The molecule has 1 aromatic rings. The number of benzene rings is 1. The van der Waals surface area contributed by atoms with Gasteiger partial charge in [-0.3, -0.25) is 4.79 Å². The van der Waals surface area contributed by atoms with Crippen LogP contribution < -0.4 is 5.32 Å². The summed E-state index contributed by atoms with van der Waals surface area (Å²) in [5, 5.41) is 4.19. The Labute approximate surface area is 137 Å². The fraction of sp³-hybridized carbons (Fsp3) is 0.500. The molecule has 0 radical (unpaired) electrons. The molecule has 1 amide bonds. The lowest BCUT2D eigenvalue weighted by atomic mass is 10.0. The Morgan fingerprint density at radius 1 is 1.35 bits per heavy atom. The Bertz CT molecular complexity index is 454. The van der Waals surface area contributed by atoms with Crippen molar-refractivity contribution in [2.24, 2.45) is 5.92 Å². The van der Waals surface area contributed by atoms with E-state index in [1.54, 1.807) is 24.1 Å². The van der Waals surface area contributed by atoms with Crippen molar-refractivity contribution >= 4 is 41.5 Å². The predicted octanol–water partition coefficient (Wildman–Crippen LogP) is 3.79. The molecule has 3 nitrogen and oxygen atoms in total. The van der Waals surface area contributed by atoms with E-state index in [9.17, 15) is 4.79 Å². The predicted molar refractivity (Wildman–Crippen MR) is 88.0 cm³/mol. The highest BCUT2D eigenvalue weighted by Crippen LogP contribution is 2.29. The van der Waals surface area contributed by atoms with Crippen LogP contribution in [0.3, 0.4) is 0 Å². The monoisotopic (exact) mass is 338 g/mol. The topological polar surface area (TPSA) is 32.3 Å². The van der Waals surface area contributed by atoms with E-state index < -0.39 is 0 Å². The maximum atomic E-state index is 12.2. The maximum Gasteiger partial charge on any atom is 0.226 e. The van der Waals surface area contributed by atoms with Crippen LogP contribution in [0.5, 0.6) is 0 Å². The van der Waals surface area contributed by atoms with Crippen molar-refractivity contribution in [1.82, 2.24) is 10.2 Å². The number of nitrogens with one attached hydrogen (secondary N) is 1. The molecule has 0 aromatic heterocycles. The van der Waals surface area contributed by atoms with Gasteiger partial charge in [-0.15, -0.1) is 12.4 Å². The average molecular weight is 340 g/mol. The summed E-state index contributed by atoms with van der Waals surface area (Å²) in [4.78, 5) is 14.0. The number of rotatable bonds is 5. The summed E-state index contributed by atoms with van der Waals surface area (Å²) in [7, 11) is 3.63. The minimum atomic E-state index is -0.0865. The Balaban J connectivity index is 0.00000361. The van der Waals surface area contributed by atoms with Crippen LogP contribution in [0.25, 0.3) is 0 Å². The van der Waals surface area contributed by atoms with Crippen molar-refractivity contribution in [2.45, 2.75) is 19.9 Å². The van der Waals surface area contributed by atoms with Gasteiger partial charge in [0.15, 0.2) is 0 Å². The second kappa shape index (κ2) is 8.73. The van der Waals surface area contributed by atoms with Gasteiger partial charge in [-0.05, 0) is 31.7 Å². The van der Waals surface area contributed by atoms with E-state index in [-0.39, 0.29) is 30.3 Å². The first kappa shape index (κ1) is 19.5. The zero-order valence-electron chi connectivity index (χ0n) is 12.1. The Morgan fingerprint density at radius 2 is 1.95 bits per heavy atom. The fourth-order valence-electron chi connectivity index (χ4n) is 1.98. The average Bonchev–Trinajstić information content (AvgIpc) is 2.36. The summed E-state index contributed by atoms with van der Waals surface area (Å²) in [5.41, 5.74) is 0.901. The van der Waals surface area contributed by atoms with E-state index in [1.165, 1.54) is 0 Å². The van der Waals surface area contributed by atoms with Gasteiger partial charge in [0, 0.05) is 29.6 Å². The Kier molecular flexibility index (Phi) is 8.52. The number of carbonyl (C=O) groups is 1. The van der Waals surface area contributed by atoms with Crippen LogP contribution in [0.2, 0.25) is 10.0 Å². The quantitative estimate of drug-likeness (QED) is 0.885. The molecule has 0 saturated carbocycles. The molecule has 0 bridgehead atoms. The highest BCUT2D eigenvalue weighted by molar-refractivity contribution is 6.35. The summed E-state index contributed by atoms with van der Waals surface area (Å²) in [6, 6.07) is 5.26. The van der Waals surface area contributed by atoms with Gasteiger partial charge in [-0.2, -0.15) is 0 Å². The van der Waals surface area contributed by atoms with Crippen LogP contribution in [-0.4, -0.2) is 31.4 Å². The molecule has 114 valence electrons. The van der Waals surface area contributed by atoms with Gasteiger partial charge in [0.05, 0.1) is 6.04 Å². The first-order valence-electron chi connectivity index (χ1n) is 6.24. The first-order chi connectivity index (χ1) is 8.88. The van der Waals surface area contributed by atoms with Crippen LogP contribution in [0.15, 0.2) is 18.2 Å². The third kappa shape index (κ3) is 4.81. The molecule has 20 heavy (non-hydrogen) atoms. The molecule has 1 rings (SSSR count). The normalized spacial score (nSPS) is 13.3. The summed E-state index contributed by atoms with van der Waals surface area (Å²) in [6.45, 7) is 4.52. The van der Waals surface area contributed by atoms with Crippen LogP contribution in [0.1, 0.15) is 25.5 Å². The summed E-state index contributed by atoms with van der Waals surface area (Å²) in [6.07, 6.45) is 0. The molecule has 0 aliphatic carbocycles. The van der Waals surface area contributed by atoms with Gasteiger partial charge in [-0.1, -0.05) is 36.2 Å². The number of hydrogen-bond donors (Lipinski definition) is 1. The minimum Gasteiger partial charge on any atom is -0.339 e. The van der Waals surface area contributed by atoms with Gasteiger partial charge in [0.2, 0.25) is 5.91 Å². The lowest BCUT2D eigenvalue weighted by molar-refractivity contribution is -0.135. The molecule has 2 atom stereocenters. The highest BCUT2D eigenvalue weighted by Gasteiger charge is 2.23. The third-order valence-electron chi connectivity index (χ3n) is 3.27. The van der Waals surface area contributed by atoms with Crippen LogP contribution in [0, 0.1) is 5.92 Å². The zero-order chi connectivity index (χ0) is 14.6. The van der Waals surface area contributed by atoms with E-state index in [1.807, 2.05) is 27.0 Å². The molecule has 2 unspecified atom stereocenters. The number of carbonyl (C=O) groups excluding carboxylic acids is 1. The van der Waals surface area contributed by atoms with Crippen molar-refractivity contribution < 1.29 is 4.79 Å². The zero-order valence-corrected chi connectivity index (χ0v) is 14.4. The number of hydrogen-bond acceptors (Lipinski definition) is 2. The standard InChI is InChI=1S/C14H20Cl2N2O.ClH/c1-9(8-17-3)14(19)18(4)10(2)12-6-5-11(15)7-13(12)16;/h5-7,9-10,17H,8H2,1-4H3;1H. The fourth-order valence-corrected chi connectivity index (χ4v) is 2.55. The number of halogens is 3. The molecule has 0 saturated heterocycles. The van der Waals surface area contributed by atoms with E-state index in [0.29, 0.717) is 16.6 Å². The molecule has 0 heterocycles. The van der Waals surface area contributed by atoms with Crippen molar-refractivity contribution in [3.05, 3.63) is 33.8 Å². The SMILES string of the molecule is CNCC(C)C(=O)N(C)C(C)c1ccc(Cl)cc1Cl.Cl.